The van der Waals surface area contributed by atoms with Gasteiger partial charge in [0.1, 0.15) is 11.5 Å². The molecule has 6 nitrogen and oxygen atoms in total. The molecule has 37 heavy (non-hydrogen) atoms. The Balaban J connectivity index is 1.42. The summed E-state index contributed by atoms with van der Waals surface area (Å²) < 4.78 is 11.6. The second-order valence-corrected chi connectivity index (χ2v) is 10.1. The van der Waals surface area contributed by atoms with Crippen LogP contribution in [0, 0.1) is 5.41 Å². The topological polar surface area (TPSA) is 62.2 Å². The molecule has 1 N–H and O–H groups in total. The molecule has 0 unspecified atom stereocenters. The standard InChI is InChI=1S/C31H38N2O4/c1-32(21-25-9-5-3-6-10-25)30(35)20-31(24-37-28-11-7-4-8-12-28)15-17-33(18-16-31)22-26-13-14-29(36-2)27(19-26)23-34/h3-14,19,34H,15-18,20-24H2,1-2H3. The van der Waals surface area contributed by atoms with Crippen molar-refractivity contribution in [2.75, 3.05) is 33.9 Å². The van der Waals surface area contributed by atoms with Gasteiger partial charge in [-0.25, -0.2) is 0 Å². The first-order valence-electron chi connectivity index (χ1n) is 12.9. The fourth-order valence-electron chi connectivity index (χ4n) is 5.02. The Morgan fingerprint density at radius 3 is 2.30 bits per heavy atom. The van der Waals surface area contributed by atoms with Gasteiger partial charge in [-0.2, -0.15) is 0 Å². The summed E-state index contributed by atoms with van der Waals surface area (Å²) in [7, 11) is 3.51. The van der Waals surface area contributed by atoms with E-state index in [1.54, 1.807) is 7.11 Å². The molecule has 0 atom stereocenters. The Morgan fingerprint density at radius 2 is 1.65 bits per heavy atom. The fraction of sp³-hybridized carbons (Fsp3) is 0.387. The number of amides is 1. The lowest BCUT2D eigenvalue weighted by molar-refractivity contribution is -0.134. The van der Waals surface area contributed by atoms with Gasteiger partial charge in [-0.05, 0) is 61.3 Å². The van der Waals surface area contributed by atoms with Crippen LogP contribution in [0.3, 0.4) is 0 Å². The third-order valence-corrected chi connectivity index (χ3v) is 7.34. The van der Waals surface area contributed by atoms with Crippen LogP contribution in [0.25, 0.3) is 0 Å². The minimum atomic E-state index is -0.218. The molecule has 0 bridgehead atoms. The van der Waals surface area contributed by atoms with Crippen molar-refractivity contribution in [1.82, 2.24) is 9.80 Å². The highest BCUT2D eigenvalue weighted by Gasteiger charge is 2.38. The van der Waals surface area contributed by atoms with Crippen molar-refractivity contribution >= 4 is 5.91 Å². The first-order chi connectivity index (χ1) is 18.0. The summed E-state index contributed by atoms with van der Waals surface area (Å²) >= 11 is 0. The lowest BCUT2D eigenvalue weighted by atomic mass is 9.75. The number of aliphatic hydroxyl groups is 1. The number of para-hydroxylation sites is 1. The normalized spacial score (nSPS) is 15.2. The van der Waals surface area contributed by atoms with Gasteiger partial charge in [0.2, 0.25) is 5.91 Å². The molecule has 0 saturated carbocycles. The van der Waals surface area contributed by atoms with E-state index in [2.05, 4.69) is 23.1 Å². The number of methoxy groups -OCH3 is 1. The van der Waals surface area contributed by atoms with Crippen molar-refractivity contribution in [3.8, 4) is 11.5 Å². The van der Waals surface area contributed by atoms with Gasteiger partial charge in [0.15, 0.2) is 0 Å². The van der Waals surface area contributed by atoms with Gasteiger partial charge >= 0.3 is 0 Å². The van der Waals surface area contributed by atoms with E-state index in [9.17, 15) is 9.90 Å². The first kappa shape index (κ1) is 26.7. The van der Waals surface area contributed by atoms with Crippen LogP contribution in [0.1, 0.15) is 36.0 Å². The molecule has 0 spiro atoms. The van der Waals surface area contributed by atoms with Gasteiger partial charge in [0.25, 0.3) is 0 Å². The van der Waals surface area contributed by atoms with E-state index in [0.29, 0.717) is 25.3 Å². The molecule has 1 heterocycles. The summed E-state index contributed by atoms with van der Waals surface area (Å²) in [4.78, 5) is 17.6. The minimum Gasteiger partial charge on any atom is -0.496 e. The van der Waals surface area contributed by atoms with Crippen molar-refractivity contribution in [3.05, 3.63) is 95.6 Å². The van der Waals surface area contributed by atoms with Gasteiger partial charge in [-0.1, -0.05) is 54.6 Å². The molecule has 1 amide bonds. The molecule has 3 aromatic carbocycles. The summed E-state index contributed by atoms with van der Waals surface area (Å²) in [6.07, 6.45) is 2.23. The fourth-order valence-corrected chi connectivity index (χ4v) is 5.02. The van der Waals surface area contributed by atoms with Gasteiger partial charge in [0, 0.05) is 37.5 Å². The molecule has 0 aliphatic carbocycles. The molecular weight excluding hydrogens is 464 g/mol. The van der Waals surface area contributed by atoms with Crippen LogP contribution in [0.5, 0.6) is 11.5 Å². The van der Waals surface area contributed by atoms with E-state index in [4.69, 9.17) is 9.47 Å². The quantitative estimate of drug-likeness (QED) is 0.404. The number of piperidine rings is 1. The summed E-state index contributed by atoms with van der Waals surface area (Å²) in [6, 6.07) is 26.0. The highest BCUT2D eigenvalue weighted by molar-refractivity contribution is 5.76. The Kier molecular flexibility index (Phi) is 9.20. The smallest absolute Gasteiger partial charge is 0.223 e. The van der Waals surface area contributed by atoms with Crippen molar-refractivity contribution in [3.63, 3.8) is 0 Å². The zero-order chi connectivity index (χ0) is 26.1. The molecule has 0 radical (unpaired) electrons. The Labute approximate surface area is 220 Å². The molecule has 1 saturated heterocycles. The van der Waals surface area contributed by atoms with E-state index < -0.39 is 0 Å². The summed E-state index contributed by atoms with van der Waals surface area (Å²) in [5.41, 5.74) is 2.86. The lowest BCUT2D eigenvalue weighted by Gasteiger charge is -2.42. The maximum absolute atomic E-state index is 13.4. The molecule has 6 heteroatoms. The molecule has 196 valence electrons. The number of aliphatic hydroxyl groups excluding tert-OH is 1. The van der Waals surface area contributed by atoms with Crippen LogP contribution in [0.2, 0.25) is 0 Å². The number of benzene rings is 3. The van der Waals surface area contributed by atoms with E-state index in [-0.39, 0.29) is 17.9 Å². The summed E-state index contributed by atoms with van der Waals surface area (Å²) in [6.45, 7) is 3.64. The molecule has 0 aromatic heterocycles. The predicted molar refractivity (Wildman–Crippen MR) is 145 cm³/mol. The zero-order valence-corrected chi connectivity index (χ0v) is 21.9. The SMILES string of the molecule is COc1ccc(CN2CCC(COc3ccccc3)(CC(=O)N(C)Cc3ccccc3)CC2)cc1CO. The maximum Gasteiger partial charge on any atom is 0.223 e. The second kappa shape index (κ2) is 12.7. The van der Waals surface area contributed by atoms with Crippen molar-refractivity contribution < 1.29 is 19.4 Å². The van der Waals surface area contributed by atoms with Gasteiger partial charge < -0.3 is 19.5 Å². The van der Waals surface area contributed by atoms with Crippen LogP contribution in [-0.4, -0.2) is 54.7 Å². The Bertz CT molecular complexity index is 1130. The zero-order valence-electron chi connectivity index (χ0n) is 21.9. The predicted octanol–water partition coefficient (Wildman–Crippen LogP) is 4.90. The van der Waals surface area contributed by atoms with Crippen molar-refractivity contribution in [2.24, 2.45) is 5.41 Å². The number of likely N-dealkylation sites (tertiary alicyclic amines) is 1. The highest BCUT2D eigenvalue weighted by Crippen LogP contribution is 2.37. The van der Waals surface area contributed by atoms with Crippen LogP contribution in [-0.2, 0) is 24.5 Å². The molecule has 1 aliphatic heterocycles. The lowest BCUT2D eigenvalue weighted by Crippen LogP contribution is -2.45. The first-order valence-corrected chi connectivity index (χ1v) is 12.9. The molecule has 4 rings (SSSR count). The maximum atomic E-state index is 13.4. The largest absolute Gasteiger partial charge is 0.496 e. The molecule has 1 aliphatic rings. The Morgan fingerprint density at radius 1 is 0.973 bits per heavy atom. The second-order valence-electron chi connectivity index (χ2n) is 10.1. The average molecular weight is 503 g/mol. The highest BCUT2D eigenvalue weighted by atomic mass is 16.5. The molecule has 3 aromatic rings. The van der Waals surface area contributed by atoms with Gasteiger partial charge in [-0.15, -0.1) is 0 Å². The third kappa shape index (κ3) is 7.34. The van der Waals surface area contributed by atoms with Gasteiger partial charge in [0.05, 0.1) is 20.3 Å². The van der Waals surface area contributed by atoms with Crippen LogP contribution in [0.4, 0.5) is 0 Å². The van der Waals surface area contributed by atoms with E-state index in [0.717, 1.165) is 54.9 Å². The van der Waals surface area contributed by atoms with Crippen LogP contribution in [0.15, 0.2) is 78.9 Å². The van der Waals surface area contributed by atoms with Crippen LogP contribution < -0.4 is 9.47 Å². The summed E-state index contributed by atoms with van der Waals surface area (Å²) in [5.74, 6) is 1.70. The number of hydrogen-bond acceptors (Lipinski definition) is 5. The molecule has 1 fully saturated rings. The third-order valence-electron chi connectivity index (χ3n) is 7.34. The number of rotatable bonds is 11. The molecular formula is C31H38N2O4. The van der Waals surface area contributed by atoms with E-state index in [1.165, 1.54) is 0 Å². The number of carbonyl (C=O) groups is 1. The summed E-state index contributed by atoms with van der Waals surface area (Å²) in [5, 5.41) is 9.68. The van der Waals surface area contributed by atoms with E-state index >= 15 is 0 Å². The van der Waals surface area contributed by atoms with Crippen LogP contribution >= 0.6 is 0 Å². The van der Waals surface area contributed by atoms with Crippen molar-refractivity contribution in [1.29, 1.82) is 0 Å². The van der Waals surface area contributed by atoms with Gasteiger partial charge in [-0.3, -0.25) is 9.69 Å². The average Bonchev–Trinajstić information content (AvgIpc) is 2.94. The number of hydrogen-bond donors (Lipinski definition) is 1. The van der Waals surface area contributed by atoms with Crippen molar-refractivity contribution in [2.45, 2.75) is 39.0 Å². The minimum absolute atomic E-state index is 0.0461. The number of nitrogens with zero attached hydrogens (tertiary/aromatic N) is 2. The van der Waals surface area contributed by atoms with E-state index in [1.807, 2.05) is 72.6 Å². The Hall–Kier alpha value is -3.35. The monoisotopic (exact) mass is 502 g/mol. The number of carbonyl (C=O) groups excluding carboxylic acids is 1. The number of ether oxygens (including phenoxy) is 2.